The van der Waals surface area contributed by atoms with E-state index in [-0.39, 0.29) is 28.3 Å². The standard InChI is InChI=1S/C20H16N2O2.2C5H6N2.Co.NO3/c23-19-11-5-1-7-15(19)13-21-17-9-3-4-10-18(17)22-14-16-8-2-6-12-20(16)24;2*6-5-1-3-7-4-2-5;;2-1(3)4/h1-14,23-24H;2*1-4H,(H2,6,7);;/q;;;+3;-1/p-2. The minimum absolute atomic E-state index is 0. The van der Waals surface area contributed by atoms with Gasteiger partial charge in [0.25, 0.3) is 0 Å². The Labute approximate surface area is 258 Å². The Kier molecular flexibility index (Phi) is 16.5. The number of para-hydroxylation sites is 4. The van der Waals surface area contributed by atoms with E-state index in [4.69, 9.17) is 26.8 Å². The van der Waals surface area contributed by atoms with Gasteiger partial charge in [-0.25, -0.2) is 0 Å². The summed E-state index contributed by atoms with van der Waals surface area (Å²) in [6.07, 6.45) is 9.70. The third-order valence-corrected chi connectivity index (χ3v) is 4.82. The molecule has 12 nitrogen and oxygen atoms in total. The van der Waals surface area contributed by atoms with Crippen molar-refractivity contribution < 1.29 is 32.1 Å². The zero-order valence-corrected chi connectivity index (χ0v) is 23.5. The first-order chi connectivity index (χ1) is 20.3. The summed E-state index contributed by atoms with van der Waals surface area (Å²) in [5.41, 5.74) is 14.4. The van der Waals surface area contributed by atoms with E-state index >= 15 is 0 Å². The second-order valence-corrected chi connectivity index (χ2v) is 7.87. The molecule has 0 radical (unpaired) electrons. The Bertz CT molecular complexity index is 1460. The van der Waals surface area contributed by atoms with Crippen molar-refractivity contribution in [2.45, 2.75) is 0 Å². The van der Waals surface area contributed by atoms with Crippen molar-refractivity contribution in [2.24, 2.45) is 9.98 Å². The van der Waals surface area contributed by atoms with Crippen molar-refractivity contribution in [2.75, 3.05) is 11.5 Å². The maximum Gasteiger partial charge on any atom is 3.00 e. The topological polar surface area (TPSA) is 215 Å². The van der Waals surface area contributed by atoms with E-state index in [1.165, 1.54) is 24.6 Å². The molecule has 220 valence electrons. The Balaban J connectivity index is 0.000000394. The Morgan fingerprint density at radius 1 is 0.581 bits per heavy atom. The predicted molar refractivity (Wildman–Crippen MR) is 160 cm³/mol. The summed E-state index contributed by atoms with van der Waals surface area (Å²) in [5, 5.41) is 38.2. The molecule has 43 heavy (non-hydrogen) atoms. The van der Waals surface area contributed by atoms with Crippen molar-refractivity contribution in [3.8, 4) is 11.5 Å². The number of anilines is 2. The van der Waals surface area contributed by atoms with E-state index in [0.717, 1.165) is 11.4 Å². The summed E-state index contributed by atoms with van der Waals surface area (Å²) < 4.78 is 0. The molecule has 5 rings (SSSR count). The van der Waals surface area contributed by atoms with Gasteiger partial charge in [-0.05, 0) is 47.5 Å². The van der Waals surface area contributed by atoms with Gasteiger partial charge < -0.3 is 37.0 Å². The average molecular weight is 624 g/mol. The molecule has 2 aromatic heterocycles. The van der Waals surface area contributed by atoms with E-state index in [1.807, 2.05) is 12.1 Å². The largest absolute Gasteiger partial charge is 3.00 e. The summed E-state index contributed by atoms with van der Waals surface area (Å²) in [4.78, 5) is 24.5. The van der Waals surface area contributed by atoms with Gasteiger partial charge in [0.15, 0.2) is 0 Å². The summed E-state index contributed by atoms with van der Waals surface area (Å²) in [7, 11) is 0. The molecule has 0 saturated carbocycles. The van der Waals surface area contributed by atoms with Crippen LogP contribution in [0.15, 0.2) is 132 Å². The maximum absolute atomic E-state index is 11.7. The monoisotopic (exact) mass is 623 g/mol. The van der Waals surface area contributed by atoms with Crippen LogP contribution in [0.4, 0.5) is 22.7 Å². The normalized spacial score (nSPS) is 9.67. The number of nitrogens with zero attached hydrogens (tertiary/aromatic N) is 5. The number of rotatable bonds is 4. The molecule has 2 heterocycles. The van der Waals surface area contributed by atoms with Crippen molar-refractivity contribution in [1.29, 1.82) is 0 Å². The summed E-state index contributed by atoms with van der Waals surface area (Å²) in [5.74, 6) is -0.162. The molecular weight excluding hydrogens is 597 g/mol. The zero-order valence-electron chi connectivity index (χ0n) is 22.5. The summed E-state index contributed by atoms with van der Waals surface area (Å²) in [6, 6.07) is 27.7. The molecule has 3 aromatic carbocycles. The van der Waals surface area contributed by atoms with Crippen molar-refractivity contribution in [1.82, 2.24) is 9.97 Å². The van der Waals surface area contributed by atoms with Crippen LogP contribution in [-0.4, -0.2) is 27.5 Å². The van der Waals surface area contributed by atoms with Crippen molar-refractivity contribution >= 4 is 35.2 Å². The van der Waals surface area contributed by atoms with Gasteiger partial charge in [0.1, 0.15) is 0 Å². The number of aromatic nitrogens is 2. The molecule has 0 aliphatic heterocycles. The van der Waals surface area contributed by atoms with Crippen LogP contribution >= 0.6 is 0 Å². The van der Waals surface area contributed by atoms with Gasteiger partial charge in [-0.2, -0.15) is 0 Å². The van der Waals surface area contributed by atoms with Crippen LogP contribution in [0.25, 0.3) is 0 Å². The van der Waals surface area contributed by atoms with Gasteiger partial charge in [-0.3, -0.25) is 20.0 Å². The molecule has 0 aliphatic carbocycles. The quantitative estimate of drug-likeness (QED) is 0.164. The van der Waals surface area contributed by atoms with Crippen LogP contribution in [0, 0.1) is 15.3 Å². The van der Waals surface area contributed by atoms with Crippen LogP contribution in [-0.2, 0) is 16.8 Å². The Morgan fingerprint density at radius 3 is 1.16 bits per heavy atom. The number of hydrogen-bond donors (Lipinski definition) is 2. The van der Waals surface area contributed by atoms with Crippen LogP contribution < -0.4 is 21.7 Å². The first-order valence-electron chi connectivity index (χ1n) is 12.1. The number of nitrogens with two attached hydrogens (primary N) is 2. The second kappa shape index (κ2) is 20.1. The molecule has 0 spiro atoms. The molecular formula is C30H26CoN7O5. The summed E-state index contributed by atoms with van der Waals surface area (Å²) in [6.45, 7) is 0. The van der Waals surface area contributed by atoms with E-state index in [1.54, 1.807) is 97.6 Å². The van der Waals surface area contributed by atoms with E-state index in [9.17, 15) is 10.2 Å². The molecule has 0 aliphatic rings. The Hall–Kier alpha value is -5.79. The molecule has 4 N–H and O–H groups in total. The number of pyridine rings is 2. The SMILES string of the molecule is Nc1ccncc1.Nc1ccncc1.O=[N+]([O-])[O-].[Co+3].[O-]c1ccccc1C=Nc1ccccc1N=Cc1ccccc1[O-]. The molecule has 0 fully saturated rings. The average Bonchev–Trinajstić information content (AvgIpc) is 2.98. The molecule has 0 unspecified atom stereocenters. The third-order valence-electron chi connectivity index (χ3n) is 4.82. The number of benzene rings is 3. The van der Waals surface area contributed by atoms with Crippen molar-refractivity contribution in [3.63, 3.8) is 0 Å². The van der Waals surface area contributed by atoms with E-state index in [0.29, 0.717) is 22.5 Å². The van der Waals surface area contributed by atoms with Gasteiger partial charge in [0.2, 0.25) is 0 Å². The molecule has 0 bridgehead atoms. The number of hydrogen-bond acceptors (Lipinski definition) is 11. The fourth-order valence-electron chi connectivity index (χ4n) is 2.86. The van der Waals surface area contributed by atoms with Gasteiger partial charge in [0, 0.05) is 48.6 Å². The fourth-order valence-corrected chi connectivity index (χ4v) is 2.86. The molecule has 5 aromatic rings. The van der Waals surface area contributed by atoms with Crippen LogP contribution in [0.2, 0.25) is 0 Å². The van der Waals surface area contributed by atoms with Gasteiger partial charge in [0.05, 0.1) is 16.5 Å². The minimum Gasteiger partial charge on any atom is -0.872 e. The number of aliphatic imine (C=N–C) groups is 2. The minimum atomic E-state index is -1.75. The number of nitrogen functional groups attached to an aromatic ring is 2. The molecule has 0 atom stereocenters. The van der Waals surface area contributed by atoms with Gasteiger partial charge in [-0.1, -0.05) is 60.7 Å². The third kappa shape index (κ3) is 15.0. The molecule has 13 heteroatoms. The second-order valence-electron chi connectivity index (χ2n) is 7.87. The maximum atomic E-state index is 11.7. The predicted octanol–water partition coefficient (Wildman–Crippen LogP) is 4.42. The first-order valence-corrected chi connectivity index (χ1v) is 12.1. The van der Waals surface area contributed by atoms with E-state index in [2.05, 4.69) is 20.0 Å². The smallest absolute Gasteiger partial charge is 0.872 e. The zero-order chi connectivity index (χ0) is 30.6. The molecule has 0 saturated heterocycles. The first kappa shape index (κ1) is 35.2. The molecule has 0 amide bonds. The van der Waals surface area contributed by atoms with Crippen molar-refractivity contribution in [3.05, 3.63) is 148 Å². The Morgan fingerprint density at radius 2 is 0.884 bits per heavy atom. The van der Waals surface area contributed by atoms with Crippen LogP contribution in [0.5, 0.6) is 11.5 Å². The summed E-state index contributed by atoms with van der Waals surface area (Å²) >= 11 is 0. The van der Waals surface area contributed by atoms with Crippen LogP contribution in [0.1, 0.15) is 11.1 Å². The van der Waals surface area contributed by atoms with E-state index < -0.39 is 5.09 Å². The van der Waals surface area contributed by atoms with Gasteiger partial charge >= 0.3 is 16.8 Å². The van der Waals surface area contributed by atoms with Crippen LogP contribution in [0.3, 0.4) is 0 Å². The van der Waals surface area contributed by atoms with Gasteiger partial charge in [-0.15, -0.1) is 11.5 Å². The fraction of sp³-hybridized carbons (Fsp3) is 0.